The zero-order valence-corrected chi connectivity index (χ0v) is 11.0. The number of fused-ring (bicyclic) bond motifs is 2. The smallest absolute Gasteiger partial charge is 0.231 e. The van der Waals surface area contributed by atoms with Crippen molar-refractivity contribution in [2.75, 3.05) is 6.54 Å². The Morgan fingerprint density at radius 3 is 1.95 bits per heavy atom. The van der Waals surface area contributed by atoms with Crippen LogP contribution in [0.3, 0.4) is 0 Å². The molecule has 3 rings (SSSR count). The molecular formula is C17H16N2O. The van der Waals surface area contributed by atoms with Crippen LogP contribution in [0.4, 0.5) is 0 Å². The van der Waals surface area contributed by atoms with E-state index >= 15 is 0 Å². The normalized spacial score (nSPS) is 13.4. The molecule has 0 saturated heterocycles. The number of hydrogen-bond donors (Lipinski definition) is 2. The largest absolute Gasteiger partial charge is 0.369 e. The molecule has 20 heavy (non-hydrogen) atoms. The van der Waals surface area contributed by atoms with Crippen molar-refractivity contribution in [3.8, 4) is 0 Å². The minimum atomic E-state index is -0.350. The second kappa shape index (κ2) is 5.31. The number of rotatable bonds is 3. The number of carbonyl (C=O) groups excluding carboxylic acids is 1. The molecule has 1 aliphatic rings. The van der Waals surface area contributed by atoms with Gasteiger partial charge in [-0.05, 0) is 22.3 Å². The third kappa shape index (κ3) is 2.36. The lowest BCUT2D eigenvalue weighted by atomic mass is 9.94. The van der Waals surface area contributed by atoms with E-state index in [-0.39, 0.29) is 18.5 Å². The molecule has 0 atom stereocenters. The van der Waals surface area contributed by atoms with E-state index in [4.69, 9.17) is 5.73 Å². The van der Waals surface area contributed by atoms with E-state index in [9.17, 15) is 4.79 Å². The molecule has 0 heterocycles. The topological polar surface area (TPSA) is 55.1 Å². The highest BCUT2D eigenvalue weighted by molar-refractivity contribution is 5.78. The van der Waals surface area contributed by atoms with Crippen molar-refractivity contribution in [2.24, 2.45) is 5.73 Å². The first-order valence-electron chi connectivity index (χ1n) is 6.63. The highest BCUT2D eigenvalue weighted by atomic mass is 16.1. The van der Waals surface area contributed by atoms with Crippen LogP contribution in [0.5, 0.6) is 0 Å². The molecule has 1 aliphatic carbocycles. The molecule has 0 aromatic heterocycles. The minimum Gasteiger partial charge on any atom is -0.369 e. The fraction of sp³-hybridized carbons (Fsp3) is 0.118. The van der Waals surface area contributed by atoms with Crippen LogP contribution < -0.4 is 11.1 Å². The van der Waals surface area contributed by atoms with Crippen molar-refractivity contribution < 1.29 is 4.79 Å². The van der Waals surface area contributed by atoms with E-state index in [1.165, 1.54) is 0 Å². The molecule has 0 spiro atoms. The zero-order chi connectivity index (χ0) is 13.9. The van der Waals surface area contributed by atoms with Crippen LogP contribution in [0.1, 0.15) is 28.3 Å². The second-order valence-electron chi connectivity index (χ2n) is 4.87. The van der Waals surface area contributed by atoms with Crippen molar-refractivity contribution in [2.45, 2.75) is 6.04 Å². The molecule has 100 valence electrons. The van der Waals surface area contributed by atoms with E-state index in [0.29, 0.717) is 0 Å². The first-order valence-corrected chi connectivity index (χ1v) is 6.63. The monoisotopic (exact) mass is 264 g/mol. The maximum Gasteiger partial charge on any atom is 0.231 e. The number of amides is 1. The average molecular weight is 264 g/mol. The second-order valence-corrected chi connectivity index (χ2v) is 4.87. The fourth-order valence-corrected chi connectivity index (χ4v) is 2.62. The summed E-state index contributed by atoms with van der Waals surface area (Å²) in [4.78, 5) is 11.1. The SMILES string of the molecule is NC(=O)CNC1c2ccccc2C=Cc2ccccc21. The molecule has 0 unspecified atom stereocenters. The Morgan fingerprint density at radius 1 is 0.950 bits per heavy atom. The van der Waals surface area contributed by atoms with Gasteiger partial charge in [0.05, 0.1) is 12.6 Å². The van der Waals surface area contributed by atoms with Crippen molar-refractivity contribution >= 4 is 18.1 Å². The van der Waals surface area contributed by atoms with Gasteiger partial charge in [0.25, 0.3) is 0 Å². The number of nitrogens with two attached hydrogens (primary N) is 1. The summed E-state index contributed by atoms with van der Waals surface area (Å²) in [6.07, 6.45) is 4.22. The van der Waals surface area contributed by atoms with Crippen LogP contribution in [-0.2, 0) is 4.79 Å². The summed E-state index contributed by atoms with van der Waals surface area (Å²) in [6.45, 7) is 0.160. The molecule has 3 heteroatoms. The number of carbonyl (C=O) groups is 1. The first-order chi connectivity index (χ1) is 9.75. The van der Waals surface area contributed by atoms with Gasteiger partial charge in [-0.2, -0.15) is 0 Å². The molecule has 0 fully saturated rings. The highest BCUT2D eigenvalue weighted by Crippen LogP contribution is 2.32. The molecule has 1 amide bonds. The van der Waals surface area contributed by atoms with E-state index in [1.54, 1.807) is 0 Å². The molecule has 2 aromatic carbocycles. The fourth-order valence-electron chi connectivity index (χ4n) is 2.62. The lowest BCUT2D eigenvalue weighted by Gasteiger charge is -2.21. The summed E-state index contributed by atoms with van der Waals surface area (Å²) in [5.41, 5.74) is 9.91. The van der Waals surface area contributed by atoms with Gasteiger partial charge in [-0.25, -0.2) is 0 Å². The summed E-state index contributed by atoms with van der Waals surface area (Å²) < 4.78 is 0. The summed E-state index contributed by atoms with van der Waals surface area (Å²) in [7, 11) is 0. The Labute approximate surface area is 118 Å². The molecule has 2 aromatic rings. The maximum absolute atomic E-state index is 11.1. The van der Waals surface area contributed by atoms with Crippen molar-refractivity contribution in [3.63, 3.8) is 0 Å². The summed E-state index contributed by atoms with van der Waals surface area (Å²) in [5.74, 6) is -0.350. The third-order valence-electron chi connectivity index (χ3n) is 3.54. The number of primary amides is 1. The van der Waals surface area contributed by atoms with Gasteiger partial charge in [-0.1, -0.05) is 60.7 Å². The summed E-state index contributed by atoms with van der Waals surface area (Å²) in [6, 6.07) is 16.4. The van der Waals surface area contributed by atoms with Gasteiger partial charge in [-0.3, -0.25) is 10.1 Å². The average Bonchev–Trinajstić information content (AvgIpc) is 2.62. The van der Waals surface area contributed by atoms with Crippen LogP contribution >= 0.6 is 0 Å². The molecule has 0 radical (unpaired) electrons. The van der Waals surface area contributed by atoms with Gasteiger partial charge in [0.1, 0.15) is 0 Å². The highest BCUT2D eigenvalue weighted by Gasteiger charge is 2.20. The quantitative estimate of drug-likeness (QED) is 0.894. The number of nitrogens with one attached hydrogen (secondary N) is 1. The molecule has 0 aliphatic heterocycles. The zero-order valence-electron chi connectivity index (χ0n) is 11.0. The van der Waals surface area contributed by atoms with Gasteiger partial charge in [0, 0.05) is 0 Å². The number of benzene rings is 2. The van der Waals surface area contributed by atoms with Gasteiger partial charge in [0.15, 0.2) is 0 Å². The van der Waals surface area contributed by atoms with Crippen LogP contribution in [0.25, 0.3) is 12.2 Å². The van der Waals surface area contributed by atoms with E-state index in [1.807, 2.05) is 24.3 Å². The lowest BCUT2D eigenvalue weighted by Crippen LogP contribution is -2.32. The van der Waals surface area contributed by atoms with E-state index in [2.05, 4.69) is 41.7 Å². The molecule has 3 nitrogen and oxygen atoms in total. The summed E-state index contributed by atoms with van der Waals surface area (Å²) in [5, 5.41) is 3.26. The standard InChI is InChI=1S/C17H16N2O/c18-16(20)11-19-17-14-7-3-1-5-12(14)9-10-13-6-2-4-8-15(13)17/h1-10,17,19H,11H2,(H2,18,20). The summed E-state index contributed by atoms with van der Waals surface area (Å²) >= 11 is 0. The van der Waals surface area contributed by atoms with E-state index in [0.717, 1.165) is 22.3 Å². The Morgan fingerprint density at radius 2 is 1.45 bits per heavy atom. The van der Waals surface area contributed by atoms with Crippen LogP contribution in [0, 0.1) is 0 Å². The van der Waals surface area contributed by atoms with Gasteiger partial charge >= 0.3 is 0 Å². The van der Waals surface area contributed by atoms with Gasteiger partial charge in [0.2, 0.25) is 5.91 Å². The Bertz CT molecular complexity index is 627. The van der Waals surface area contributed by atoms with Crippen LogP contribution in [-0.4, -0.2) is 12.5 Å². The lowest BCUT2D eigenvalue weighted by molar-refractivity contribution is -0.117. The molecular weight excluding hydrogens is 248 g/mol. The third-order valence-corrected chi connectivity index (χ3v) is 3.54. The maximum atomic E-state index is 11.1. The molecule has 0 saturated carbocycles. The Balaban J connectivity index is 2.10. The minimum absolute atomic E-state index is 0.0232. The van der Waals surface area contributed by atoms with Crippen LogP contribution in [0.15, 0.2) is 48.5 Å². The predicted octanol–water partition coefficient (Wildman–Crippen LogP) is 2.33. The Kier molecular flexibility index (Phi) is 3.35. The molecule has 0 bridgehead atoms. The van der Waals surface area contributed by atoms with Gasteiger partial charge < -0.3 is 5.73 Å². The van der Waals surface area contributed by atoms with Crippen LogP contribution in [0.2, 0.25) is 0 Å². The first kappa shape index (κ1) is 12.6. The van der Waals surface area contributed by atoms with Crippen molar-refractivity contribution in [1.29, 1.82) is 0 Å². The van der Waals surface area contributed by atoms with E-state index < -0.39 is 0 Å². The predicted molar refractivity (Wildman–Crippen MR) is 80.9 cm³/mol. The van der Waals surface area contributed by atoms with Crippen molar-refractivity contribution in [3.05, 3.63) is 70.8 Å². The molecule has 3 N–H and O–H groups in total. The van der Waals surface area contributed by atoms with Crippen molar-refractivity contribution in [1.82, 2.24) is 5.32 Å². The Hall–Kier alpha value is -2.39. The number of hydrogen-bond acceptors (Lipinski definition) is 2. The van der Waals surface area contributed by atoms with Gasteiger partial charge in [-0.15, -0.1) is 0 Å².